The fraction of sp³-hybridized carbons (Fsp3) is 0.231. The van der Waals surface area contributed by atoms with E-state index in [1.54, 1.807) is 6.20 Å². The largest absolute Gasteiger partial charge is 0.453 e. The number of rotatable bonds is 3. The number of aryl methyl sites for hydroxylation is 1. The normalized spacial score (nSPS) is 11.9. The minimum Gasteiger partial charge on any atom is -0.453 e. The van der Waals surface area contributed by atoms with Gasteiger partial charge in [0.05, 0.1) is 7.11 Å². The Morgan fingerprint density at radius 2 is 2.11 bits per heavy atom. The molecule has 1 atom stereocenters. The molecule has 0 saturated heterocycles. The van der Waals surface area contributed by atoms with Gasteiger partial charge in [-0.3, -0.25) is 0 Å². The van der Waals surface area contributed by atoms with E-state index in [4.69, 9.17) is 0 Å². The van der Waals surface area contributed by atoms with Gasteiger partial charge in [0.1, 0.15) is 11.9 Å². The molecule has 0 aliphatic rings. The number of nitrogens with zero attached hydrogens (tertiary/aromatic N) is 2. The zero-order valence-corrected chi connectivity index (χ0v) is 10.3. The summed E-state index contributed by atoms with van der Waals surface area (Å²) >= 11 is 0. The Bertz CT molecular complexity index is 522. The molecule has 0 aliphatic carbocycles. The predicted octanol–water partition coefficient (Wildman–Crippen LogP) is 1.87. The van der Waals surface area contributed by atoms with E-state index in [-0.39, 0.29) is 6.04 Å². The number of carbonyl (C=O) groups is 1. The van der Waals surface area contributed by atoms with E-state index in [0.717, 1.165) is 11.4 Å². The van der Waals surface area contributed by atoms with Crippen LogP contribution in [0.4, 0.5) is 4.79 Å². The highest BCUT2D eigenvalue weighted by Crippen LogP contribution is 2.19. The highest BCUT2D eigenvalue weighted by Gasteiger charge is 2.20. The number of hydrogen-bond acceptors (Lipinski definition) is 3. The average molecular weight is 245 g/mol. The summed E-state index contributed by atoms with van der Waals surface area (Å²) in [6.45, 7) is 0. The number of amides is 1. The van der Waals surface area contributed by atoms with E-state index < -0.39 is 6.09 Å². The zero-order chi connectivity index (χ0) is 13.0. The summed E-state index contributed by atoms with van der Waals surface area (Å²) in [6, 6.07) is 9.33. The van der Waals surface area contributed by atoms with Crippen molar-refractivity contribution >= 4 is 6.09 Å². The maximum atomic E-state index is 11.4. The van der Waals surface area contributed by atoms with Gasteiger partial charge in [0.15, 0.2) is 0 Å². The second-order valence-corrected chi connectivity index (χ2v) is 3.88. The molecule has 1 aromatic carbocycles. The first-order valence-electron chi connectivity index (χ1n) is 5.59. The van der Waals surface area contributed by atoms with Gasteiger partial charge in [-0.15, -0.1) is 0 Å². The molecule has 5 nitrogen and oxygen atoms in total. The Labute approximate surface area is 105 Å². The molecule has 0 aliphatic heterocycles. The lowest BCUT2D eigenvalue weighted by Crippen LogP contribution is -2.30. The third-order valence-electron chi connectivity index (χ3n) is 2.70. The maximum Gasteiger partial charge on any atom is 0.407 e. The number of hydrogen-bond donors (Lipinski definition) is 1. The fourth-order valence-corrected chi connectivity index (χ4v) is 1.77. The standard InChI is InChI=1S/C13H15N3O2/c1-16-9-8-14-12(16)11(15-13(17)18-2)10-6-4-3-5-7-10/h3-9,11H,1-2H3,(H,15,17). The van der Waals surface area contributed by atoms with Crippen LogP contribution in [0.15, 0.2) is 42.7 Å². The highest BCUT2D eigenvalue weighted by molar-refractivity contribution is 5.68. The number of aromatic nitrogens is 2. The topological polar surface area (TPSA) is 56.1 Å². The van der Waals surface area contributed by atoms with Gasteiger partial charge in [-0.1, -0.05) is 30.3 Å². The van der Waals surface area contributed by atoms with E-state index in [0.29, 0.717) is 0 Å². The highest BCUT2D eigenvalue weighted by atomic mass is 16.5. The van der Waals surface area contributed by atoms with Gasteiger partial charge < -0.3 is 14.6 Å². The molecule has 1 N–H and O–H groups in total. The first-order chi connectivity index (χ1) is 8.72. The van der Waals surface area contributed by atoms with Crippen LogP contribution in [0.2, 0.25) is 0 Å². The van der Waals surface area contributed by atoms with E-state index >= 15 is 0 Å². The number of nitrogens with one attached hydrogen (secondary N) is 1. The van der Waals surface area contributed by atoms with Crippen LogP contribution in [0.3, 0.4) is 0 Å². The van der Waals surface area contributed by atoms with Gasteiger partial charge in [0, 0.05) is 19.4 Å². The van der Waals surface area contributed by atoms with Crippen molar-refractivity contribution in [3.63, 3.8) is 0 Å². The first kappa shape index (κ1) is 12.2. The molecule has 1 heterocycles. The molecule has 2 aromatic rings. The van der Waals surface area contributed by atoms with Crippen molar-refractivity contribution < 1.29 is 9.53 Å². The lowest BCUT2D eigenvalue weighted by molar-refractivity contribution is 0.168. The summed E-state index contributed by atoms with van der Waals surface area (Å²) in [5.41, 5.74) is 0.956. The SMILES string of the molecule is COC(=O)NC(c1ccccc1)c1nccn1C. The third kappa shape index (κ3) is 2.51. The van der Waals surface area contributed by atoms with Crippen LogP contribution in [-0.4, -0.2) is 22.8 Å². The molecule has 18 heavy (non-hydrogen) atoms. The zero-order valence-electron chi connectivity index (χ0n) is 10.3. The van der Waals surface area contributed by atoms with E-state index in [1.165, 1.54) is 7.11 Å². The lowest BCUT2D eigenvalue weighted by atomic mass is 10.1. The molecule has 0 radical (unpaired) electrons. The van der Waals surface area contributed by atoms with Crippen molar-refractivity contribution in [1.82, 2.24) is 14.9 Å². The van der Waals surface area contributed by atoms with Crippen molar-refractivity contribution in [2.45, 2.75) is 6.04 Å². The molecule has 1 unspecified atom stereocenters. The van der Waals surface area contributed by atoms with Crippen molar-refractivity contribution in [2.75, 3.05) is 7.11 Å². The van der Waals surface area contributed by atoms with E-state index in [1.807, 2.05) is 48.1 Å². The molecular formula is C13H15N3O2. The Morgan fingerprint density at radius 1 is 1.39 bits per heavy atom. The predicted molar refractivity (Wildman–Crippen MR) is 67.0 cm³/mol. The minimum absolute atomic E-state index is 0.321. The molecule has 0 bridgehead atoms. The Hall–Kier alpha value is -2.30. The Kier molecular flexibility index (Phi) is 3.62. The molecule has 1 aromatic heterocycles. The van der Waals surface area contributed by atoms with Crippen LogP contribution in [-0.2, 0) is 11.8 Å². The summed E-state index contributed by atoms with van der Waals surface area (Å²) in [5.74, 6) is 0.756. The lowest BCUT2D eigenvalue weighted by Gasteiger charge is -2.18. The number of alkyl carbamates (subject to hydrolysis) is 1. The molecule has 2 rings (SSSR count). The Morgan fingerprint density at radius 3 is 2.67 bits per heavy atom. The average Bonchev–Trinajstić information content (AvgIpc) is 2.83. The van der Waals surface area contributed by atoms with Gasteiger partial charge in [-0.25, -0.2) is 9.78 Å². The molecular weight excluding hydrogens is 230 g/mol. The Balaban J connectivity index is 2.35. The number of imidazole rings is 1. The van der Waals surface area contributed by atoms with Crippen molar-refractivity contribution in [3.05, 3.63) is 54.1 Å². The van der Waals surface area contributed by atoms with Crippen LogP contribution in [0, 0.1) is 0 Å². The second-order valence-electron chi connectivity index (χ2n) is 3.88. The van der Waals surface area contributed by atoms with Crippen molar-refractivity contribution in [1.29, 1.82) is 0 Å². The fourth-order valence-electron chi connectivity index (χ4n) is 1.77. The summed E-state index contributed by atoms with van der Waals surface area (Å²) in [5, 5.41) is 2.78. The van der Waals surface area contributed by atoms with Crippen molar-refractivity contribution in [2.24, 2.45) is 7.05 Å². The smallest absolute Gasteiger partial charge is 0.407 e. The van der Waals surface area contributed by atoms with Gasteiger partial charge in [-0.05, 0) is 5.56 Å². The first-order valence-corrected chi connectivity index (χ1v) is 5.59. The molecule has 0 spiro atoms. The van der Waals surface area contributed by atoms with Crippen LogP contribution in [0.1, 0.15) is 17.4 Å². The van der Waals surface area contributed by atoms with Gasteiger partial charge in [0.2, 0.25) is 0 Å². The summed E-state index contributed by atoms with van der Waals surface area (Å²) < 4.78 is 6.52. The maximum absolute atomic E-state index is 11.4. The summed E-state index contributed by atoms with van der Waals surface area (Å²) in [4.78, 5) is 15.7. The summed E-state index contributed by atoms with van der Waals surface area (Å²) in [6.07, 6.45) is 3.06. The van der Waals surface area contributed by atoms with Crippen LogP contribution in [0.25, 0.3) is 0 Å². The number of benzene rings is 1. The van der Waals surface area contributed by atoms with Crippen LogP contribution >= 0.6 is 0 Å². The van der Waals surface area contributed by atoms with Gasteiger partial charge in [0.25, 0.3) is 0 Å². The molecule has 0 saturated carbocycles. The molecule has 94 valence electrons. The third-order valence-corrected chi connectivity index (χ3v) is 2.70. The molecule has 0 fully saturated rings. The number of methoxy groups -OCH3 is 1. The number of ether oxygens (including phenoxy) is 1. The van der Waals surface area contributed by atoms with Crippen LogP contribution in [0.5, 0.6) is 0 Å². The molecule has 1 amide bonds. The van der Waals surface area contributed by atoms with E-state index in [9.17, 15) is 4.79 Å². The second kappa shape index (κ2) is 5.35. The van der Waals surface area contributed by atoms with E-state index in [2.05, 4.69) is 15.0 Å². The molecule has 5 heteroatoms. The number of carbonyl (C=O) groups excluding carboxylic acids is 1. The van der Waals surface area contributed by atoms with Crippen LogP contribution < -0.4 is 5.32 Å². The quantitative estimate of drug-likeness (QED) is 0.898. The van der Waals surface area contributed by atoms with Crippen molar-refractivity contribution in [3.8, 4) is 0 Å². The van der Waals surface area contributed by atoms with Gasteiger partial charge in [-0.2, -0.15) is 0 Å². The minimum atomic E-state index is -0.480. The van der Waals surface area contributed by atoms with Gasteiger partial charge >= 0.3 is 6.09 Å². The monoisotopic (exact) mass is 245 g/mol. The summed E-state index contributed by atoms with van der Waals surface area (Å²) in [7, 11) is 3.23.